The van der Waals surface area contributed by atoms with Gasteiger partial charge in [-0.1, -0.05) is 18.2 Å². The number of esters is 1. The van der Waals surface area contributed by atoms with Crippen molar-refractivity contribution in [1.82, 2.24) is 5.32 Å². The maximum atomic E-state index is 13.4. The van der Waals surface area contributed by atoms with E-state index >= 15 is 0 Å². The lowest BCUT2D eigenvalue weighted by Crippen LogP contribution is -2.33. The van der Waals surface area contributed by atoms with Crippen LogP contribution < -0.4 is 10.2 Å². The predicted octanol–water partition coefficient (Wildman–Crippen LogP) is 3.48. The molecule has 1 heterocycles. The number of hydrogen-bond acceptors (Lipinski definition) is 5. The lowest BCUT2D eigenvalue weighted by atomic mass is 10.1. The van der Waals surface area contributed by atoms with Gasteiger partial charge in [0, 0.05) is 7.05 Å². The molecule has 0 radical (unpaired) electrons. The number of anilines is 1. The Kier molecular flexibility index (Phi) is 6.81. The number of carbonyl (C=O) groups is 3. The van der Waals surface area contributed by atoms with Crippen LogP contribution in [0.3, 0.4) is 0 Å². The summed E-state index contributed by atoms with van der Waals surface area (Å²) >= 11 is 0. The number of nitrogens with one attached hydrogen (secondary N) is 1. The summed E-state index contributed by atoms with van der Waals surface area (Å²) in [6.07, 6.45) is 1.51. The van der Waals surface area contributed by atoms with E-state index in [2.05, 4.69) is 5.32 Å². The Morgan fingerprint density at radius 1 is 1.06 bits per heavy atom. The second-order valence-electron chi connectivity index (χ2n) is 6.77. The van der Waals surface area contributed by atoms with Crippen LogP contribution in [0.25, 0.3) is 0 Å². The average molecular weight is 424 g/mol. The van der Waals surface area contributed by atoms with Crippen LogP contribution in [-0.2, 0) is 16.1 Å². The van der Waals surface area contributed by atoms with Crippen molar-refractivity contribution in [3.63, 3.8) is 0 Å². The van der Waals surface area contributed by atoms with Crippen LogP contribution in [0.5, 0.6) is 0 Å². The van der Waals surface area contributed by atoms with Crippen LogP contribution in [0.2, 0.25) is 0 Å². The Bertz CT molecular complexity index is 1100. The molecule has 0 aliphatic heterocycles. The molecular formula is C23H21FN2O5. The van der Waals surface area contributed by atoms with Gasteiger partial charge in [-0.15, -0.1) is 0 Å². The van der Waals surface area contributed by atoms with Gasteiger partial charge in [-0.25, -0.2) is 9.18 Å². The Morgan fingerprint density at radius 2 is 1.84 bits per heavy atom. The Hall–Kier alpha value is -3.94. The average Bonchev–Trinajstić information content (AvgIpc) is 3.30. The van der Waals surface area contributed by atoms with Gasteiger partial charge < -0.3 is 19.4 Å². The molecule has 0 fully saturated rings. The van der Waals surface area contributed by atoms with Gasteiger partial charge in [-0.3, -0.25) is 9.59 Å². The Morgan fingerprint density at radius 3 is 2.58 bits per heavy atom. The van der Waals surface area contributed by atoms with Crippen LogP contribution in [0, 0.1) is 12.7 Å². The molecule has 1 N–H and O–H groups in total. The summed E-state index contributed by atoms with van der Waals surface area (Å²) in [5.41, 5.74) is 1.21. The van der Waals surface area contributed by atoms with Crippen LogP contribution in [0.15, 0.2) is 65.3 Å². The molecule has 2 aromatic carbocycles. The number of benzene rings is 2. The molecule has 0 unspecified atom stereocenters. The van der Waals surface area contributed by atoms with Crippen molar-refractivity contribution in [3.05, 3.63) is 89.1 Å². The van der Waals surface area contributed by atoms with E-state index in [1.807, 2.05) is 0 Å². The molecule has 0 saturated heterocycles. The van der Waals surface area contributed by atoms with Gasteiger partial charge in [0.1, 0.15) is 11.6 Å². The maximum absolute atomic E-state index is 13.4. The predicted molar refractivity (Wildman–Crippen MR) is 111 cm³/mol. The Balaban J connectivity index is 1.65. The fraction of sp³-hybridized carbons (Fsp3) is 0.174. The second kappa shape index (κ2) is 9.71. The van der Waals surface area contributed by atoms with Gasteiger partial charge in [-0.2, -0.15) is 0 Å². The fourth-order valence-electron chi connectivity index (χ4n) is 2.88. The van der Waals surface area contributed by atoms with E-state index in [4.69, 9.17) is 9.15 Å². The van der Waals surface area contributed by atoms with Gasteiger partial charge in [0.15, 0.2) is 6.61 Å². The molecule has 7 nitrogen and oxygen atoms in total. The number of para-hydroxylation sites is 1. The fourth-order valence-corrected chi connectivity index (χ4v) is 2.88. The van der Waals surface area contributed by atoms with Crippen molar-refractivity contribution in [3.8, 4) is 0 Å². The minimum atomic E-state index is -0.803. The van der Waals surface area contributed by atoms with E-state index < -0.39 is 24.3 Å². The summed E-state index contributed by atoms with van der Waals surface area (Å²) < 4.78 is 23.6. The number of ether oxygens (including phenoxy) is 1. The number of hydrogen-bond donors (Lipinski definition) is 1. The first-order chi connectivity index (χ1) is 14.9. The number of rotatable bonds is 7. The van der Waals surface area contributed by atoms with Gasteiger partial charge in [0.05, 0.1) is 29.6 Å². The van der Waals surface area contributed by atoms with E-state index in [-0.39, 0.29) is 23.6 Å². The highest BCUT2D eigenvalue weighted by molar-refractivity contribution is 6.05. The van der Waals surface area contributed by atoms with Gasteiger partial charge in [-0.05, 0) is 48.9 Å². The summed E-state index contributed by atoms with van der Waals surface area (Å²) in [6, 6.07) is 13.8. The zero-order valence-electron chi connectivity index (χ0n) is 17.1. The first kappa shape index (κ1) is 21.8. The molecule has 160 valence electrons. The van der Waals surface area contributed by atoms with E-state index in [0.717, 1.165) is 6.07 Å². The van der Waals surface area contributed by atoms with Crippen LogP contribution in [0.1, 0.15) is 32.0 Å². The van der Waals surface area contributed by atoms with E-state index in [1.54, 1.807) is 43.3 Å². The molecule has 0 aliphatic rings. The standard InChI is InChI=1S/C23H21FN2O5/c1-15-9-10-16(24)12-19(15)23(29)31-14-21(27)26(2)20-8-4-3-7-18(20)22(28)25-13-17-6-5-11-30-17/h3-12H,13-14H2,1-2H3,(H,25,28). The first-order valence-corrected chi connectivity index (χ1v) is 9.46. The Labute approximate surface area is 178 Å². The molecule has 0 saturated carbocycles. The first-order valence-electron chi connectivity index (χ1n) is 9.46. The third kappa shape index (κ3) is 5.36. The van der Waals surface area contributed by atoms with Crippen molar-refractivity contribution < 1.29 is 27.9 Å². The van der Waals surface area contributed by atoms with Crippen molar-refractivity contribution >= 4 is 23.5 Å². The summed E-state index contributed by atoms with van der Waals surface area (Å²) in [5, 5.41) is 2.73. The van der Waals surface area contributed by atoms with Gasteiger partial charge in [0.25, 0.3) is 11.8 Å². The lowest BCUT2D eigenvalue weighted by molar-refractivity contribution is -0.121. The lowest BCUT2D eigenvalue weighted by Gasteiger charge is -2.20. The monoisotopic (exact) mass is 424 g/mol. The van der Waals surface area contributed by atoms with E-state index in [0.29, 0.717) is 17.0 Å². The van der Waals surface area contributed by atoms with Crippen molar-refractivity contribution in [1.29, 1.82) is 0 Å². The highest BCUT2D eigenvalue weighted by Gasteiger charge is 2.20. The SMILES string of the molecule is Cc1ccc(F)cc1C(=O)OCC(=O)N(C)c1ccccc1C(=O)NCc1ccco1. The normalized spacial score (nSPS) is 10.4. The molecule has 2 amide bonds. The molecule has 3 rings (SSSR count). The highest BCUT2D eigenvalue weighted by Crippen LogP contribution is 2.20. The summed E-state index contributed by atoms with van der Waals surface area (Å²) in [7, 11) is 1.47. The number of furan rings is 1. The second-order valence-corrected chi connectivity index (χ2v) is 6.77. The van der Waals surface area contributed by atoms with Gasteiger partial charge >= 0.3 is 5.97 Å². The number of halogens is 1. The molecule has 0 atom stereocenters. The van der Waals surface area contributed by atoms with E-state index in [9.17, 15) is 18.8 Å². The molecule has 1 aromatic heterocycles. The molecular weight excluding hydrogens is 403 g/mol. The van der Waals surface area contributed by atoms with E-state index in [1.165, 1.54) is 30.3 Å². The van der Waals surface area contributed by atoms with Crippen molar-refractivity contribution in [2.24, 2.45) is 0 Å². The zero-order valence-corrected chi connectivity index (χ0v) is 17.1. The summed E-state index contributed by atoms with van der Waals surface area (Å²) in [4.78, 5) is 38.6. The smallest absolute Gasteiger partial charge is 0.339 e. The molecule has 0 spiro atoms. The topological polar surface area (TPSA) is 88.9 Å². The minimum absolute atomic E-state index is 0.0492. The van der Waals surface area contributed by atoms with Crippen molar-refractivity contribution in [2.45, 2.75) is 13.5 Å². The summed E-state index contributed by atoms with van der Waals surface area (Å²) in [6.45, 7) is 1.28. The molecule has 0 bridgehead atoms. The zero-order chi connectivity index (χ0) is 22.4. The molecule has 0 aliphatic carbocycles. The maximum Gasteiger partial charge on any atom is 0.339 e. The van der Waals surface area contributed by atoms with Crippen LogP contribution in [-0.4, -0.2) is 31.4 Å². The summed E-state index contributed by atoms with van der Waals surface area (Å²) in [5.74, 6) is -1.72. The van der Waals surface area contributed by atoms with Gasteiger partial charge in [0.2, 0.25) is 0 Å². The number of nitrogens with zero attached hydrogens (tertiary/aromatic N) is 1. The third-order valence-electron chi connectivity index (χ3n) is 4.63. The quantitative estimate of drug-likeness (QED) is 0.587. The van der Waals surface area contributed by atoms with Crippen LogP contribution in [0.4, 0.5) is 10.1 Å². The van der Waals surface area contributed by atoms with Crippen LogP contribution >= 0.6 is 0 Å². The minimum Gasteiger partial charge on any atom is -0.467 e. The number of aryl methyl sites for hydroxylation is 1. The number of carbonyl (C=O) groups excluding carboxylic acids is 3. The molecule has 3 aromatic rings. The molecule has 8 heteroatoms. The number of likely N-dealkylation sites (N-methyl/N-ethyl adjacent to an activating group) is 1. The number of amides is 2. The van der Waals surface area contributed by atoms with Crippen molar-refractivity contribution in [2.75, 3.05) is 18.6 Å². The highest BCUT2D eigenvalue weighted by atomic mass is 19.1. The molecule has 31 heavy (non-hydrogen) atoms. The third-order valence-corrected chi connectivity index (χ3v) is 4.63. The largest absolute Gasteiger partial charge is 0.467 e.